The van der Waals surface area contributed by atoms with Gasteiger partial charge in [0.1, 0.15) is 11.6 Å². The van der Waals surface area contributed by atoms with Crippen molar-refractivity contribution in [2.24, 2.45) is 4.99 Å². The molecule has 0 amide bonds. The molecule has 1 atom stereocenters. The molecule has 96 valence electrons. The number of ether oxygens (including phenoxy) is 1. The highest BCUT2D eigenvalue weighted by Crippen LogP contribution is 2.33. The van der Waals surface area contributed by atoms with Gasteiger partial charge in [-0.2, -0.15) is 0 Å². The van der Waals surface area contributed by atoms with E-state index < -0.39 is 0 Å². The predicted octanol–water partition coefficient (Wildman–Crippen LogP) is 1.67. The Balaban J connectivity index is 1.87. The van der Waals surface area contributed by atoms with E-state index in [0.29, 0.717) is 0 Å². The van der Waals surface area contributed by atoms with Crippen LogP contribution in [-0.4, -0.2) is 38.1 Å². The van der Waals surface area contributed by atoms with Gasteiger partial charge in [-0.3, -0.25) is 4.99 Å². The fraction of sp³-hybridized carbons (Fsp3) is 0.500. The summed E-state index contributed by atoms with van der Waals surface area (Å²) in [5, 5.41) is 3.32. The monoisotopic (exact) mass is 245 g/mol. The summed E-state index contributed by atoms with van der Waals surface area (Å²) >= 11 is 0. The molecule has 1 unspecified atom stereocenters. The van der Waals surface area contributed by atoms with Crippen LogP contribution in [-0.2, 0) is 0 Å². The minimum absolute atomic E-state index is 0.0500. The molecule has 1 aromatic rings. The van der Waals surface area contributed by atoms with Gasteiger partial charge in [0.25, 0.3) is 0 Å². The summed E-state index contributed by atoms with van der Waals surface area (Å²) < 4.78 is 6.06. The smallest absolute Gasteiger partial charge is 0.173 e. The van der Waals surface area contributed by atoms with Crippen molar-refractivity contribution in [1.29, 1.82) is 0 Å². The summed E-state index contributed by atoms with van der Waals surface area (Å²) in [4.78, 5) is 6.88. The minimum Gasteiger partial charge on any atom is -0.478 e. The lowest BCUT2D eigenvalue weighted by molar-refractivity contribution is 0.252. The highest BCUT2D eigenvalue weighted by atomic mass is 16.5. The Morgan fingerprint density at radius 2 is 2.33 bits per heavy atom. The van der Waals surface area contributed by atoms with E-state index in [4.69, 9.17) is 4.74 Å². The maximum Gasteiger partial charge on any atom is 0.173 e. The molecular weight excluding hydrogens is 226 g/mol. The quantitative estimate of drug-likeness (QED) is 0.880. The molecule has 18 heavy (non-hydrogen) atoms. The van der Waals surface area contributed by atoms with E-state index in [0.717, 1.165) is 44.2 Å². The first-order chi connectivity index (χ1) is 8.88. The number of benzene rings is 1. The van der Waals surface area contributed by atoms with Crippen LogP contribution in [0.25, 0.3) is 0 Å². The standard InChI is InChI=1S/C14H19N3O/c1-2-9-17-10-13(14-15-7-8-16-14)18-12-6-4-3-5-11(12)17/h3-6,13H,2,7-10H2,1H3,(H,15,16). The molecule has 2 heterocycles. The van der Waals surface area contributed by atoms with Crippen molar-refractivity contribution in [2.75, 3.05) is 31.1 Å². The number of amidine groups is 1. The van der Waals surface area contributed by atoms with Crippen LogP contribution in [0.1, 0.15) is 13.3 Å². The van der Waals surface area contributed by atoms with E-state index in [-0.39, 0.29) is 6.10 Å². The molecule has 4 heteroatoms. The molecule has 3 rings (SSSR count). The summed E-state index contributed by atoms with van der Waals surface area (Å²) in [7, 11) is 0. The Hall–Kier alpha value is -1.71. The molecule has 0 saturated heterocycles. The van der Waals surface area contributed by atoms with Crippen LogP contribution in [0.5, 0.6) is 5.75 Å². The fourth-order valence-electron chi connectivity index (χ4n) is 2.56. The third kappa shape index (κ3) is 2.03. The van der Waals surface area contributed by atoms with E-state index in [1.54, 1.807) is 0 Å². The van der Waals surface area contributed by atoms with Gasteiger partial charge in [0.15, 0.2) is 6.10 Å². The zero-order valence-electron chi connectivity index (χ0n) is 10.7. The van der Waals surface area contributed by atoms with Gasteiger partial charge in [-0.25, -0.2) is 0 Å². The zero-order valence-corrected chi connectivity index (χ0v) is 10.7. The van der Waals surface area contributed by atoms with Gasteiger partial charge in [0.05, 0.1) is 18.8 Å². The van der Waals surface area contributed by atoms with Crippen molar-refractivity contribution < 1.29 is 4.74 Å². The Morgan fingerprint density at radius 3 is 3.11 bits per heavy atom. The van der Waals surface area contributed by atoms with Crippen LogP contribution < -0.4 is 15.0 Å². The highest BCUT2D eigenvalue weighted by Gasteiger charge is 2.29. The number of hydrogen-bond donors (Lipinski definition) is 1. The van der Waals surface area contributed by atoms with Crippen molar-refractivity contribution in [2.45, 2.75) is 19.4 Å². The second-order valence-electron chi connectivity index (χ2n) is 4.71. The van der Waals surface area contributed by atoms with Crippen LogP contribution >= 0.6 is 0 Å². The Labute approximate surface area is 108 Å². The number of aliphatic imine (C=N–C) groups is 1. The van der Waals surface area contributed by atoms with Gasteiger partial charge in [-0.05, 0) is 18.6 Å². The molecular formula is C14H19N3O. The molecule has 1 aromatic carbocycles. The zero-order chi connectivity index (χ0) is 12.4. The van der Waals surface area contributed by atoms with Gasteiger partial charge < -0.3 is 15.0 Å². The lowest BCUT2D eigenvalue weighted by Crippen LogP contribution is -2.48. The van der Waals surface area contributed by atoms with E-state index >= 15 is 0 Å². The molecule has 4 nitrogen and oxygen atoms in total. The number of fused-ring (bicyclic) bond motifs is 1. The molecule has 2 aliphatic rings. The lowest BCUT2D eigenvalue weighted by atomic mass is 10.1. The van der Waals surface area contributed by atoms with Gasteiger partial charge in [-0.15, -0.1) is 0 Å². The van der Waals surface area contributed by atoms with Crippen molar-refractivity contribution in [1.82, 2.24) is 5.32 Å². The Bertz CT molecular complexity index is 458. The lowest BCUT2D eigenvalue weighted by Gasteiger charge is -2.36. The first kappa shape index (κ1) is 11.4. The summed E-state index contributed by atoms with van der Waals surface area (Å²) in [6.45, 7) is 5.95. The third-order valence-electron chi connectivity index (χ3n) is 3.36. The SMILES string of the molecule is CCCN1CC(C2=NCCN2)Oc2ccccc21. The van der Waals surface area contributed by atoms with Crippen molar-refractivity contribution in [3.63, 3.8) is 0 Å². The summed E-state index contributed by atoms with van der Waals surface area (Å²) in [6, 6.07) is 8.26. The van der Waals surface area contributed by atoms with Crippen LogP contribution in [0.2, 0.25) is 0 Å². The maximum atomic E-state index is 6.06. The average Bonchev–Trinajstić information content (AvgIpc) is 2.93. The number of nitrogens with zero attached hydrogens (tertiary/aromatic N) is 2. The Kier molecular flexibility index (Phi) is 3.09. The highest BCUT2D eigenvalue weighted by molar-refractivity contribution is 5.89. The number of rotatable bonds is 3. The van der Waals surface area contributed by atoms with Crippen molar-refractivity contribution in [3.8, 4) is 5.75 Å². The van der Waals surface area contributed by atoms with Crippen molar-refractivity contribution in [3.05, 3.63) is 24.3 Å². The molecule has 0 radical (unpaired) electrons. The van der Waals surface area contributed by atoms with Gasteiger partial charge in [0, 0.05) is 13.1 Å². The van der Waals surface area contributed by atoms with Crippen molar-refractivity contribution >= 4 is 11.5 Å². The van der Waals surface area contributed by atoms with Crippen LogP contribution in [0.3, 0.4) is 0 Å². The van der Waals surface area contributed by atoms with E-state index in [1.807, 2.05) is 12.1 Å². The third-order valence-corrected chi connectivity index (χ3v) is 3.36. The second kappa shape index (κ2) is 4.88. The molecule has 0 bridgehead atoms. The number of para-hydroxylation sites is 2. The molecule has 0 spiro atoms. The van der Waals surface area contributed by atoms with Crippen LogP contribution in [0.15, 0.2) is 29.3 Å². The topological polar surface area (TPSA) is 36.9 Å². The summed E-state index contributed by atoms with van der Waals surface area (Å²) in [6.07, 6.45) is 1.19. The number of hydrogen-bond acceptors (Lipinski definition) is 4. The number of anilines is 1. The average molecular weight is 245 g/mol. The summed E-state index contributed by atoms with van der Waals surface area (Å²) in [5.41, 5.74) is 1.20. The Morgan fingerprint density at radius 1 is 1.44 bits per heavy atom. The van der Waals surface area contributed by atoms with E-state index in [1.165, 1.54) is 5.69 Å². The fourth-order valence-corrected chi connectivity index (χ4v) is 2.56. The van der Waals surface area contributed by atoms with Crippen LogP contribution in [0, 0.1) is 0 Å². The first-order valence-electron chi connectivity index (χ1n) is 6.67. The minimum atomic E-state index is 0.0500. The normalized spacial score (nSPS) is 21.9. The van der Waals surface area contributed by atoms with Crippen LogP contribution in [0.4, 0.5) is 5.69 Å². The maximum absolute atomic E-state index is 6.06. The summed E-state index contributed by atoms with van der Waals surface area (Å²) in [5.74, 6) is 1.98. The predicted molar refractivity (Wildman–Crippen MR) is 73.7 cm³/mol. The van der Waals surface area contributed by atoms with Gasteiger partial charge in [-0.1, -0.05) is 19.1 Å². The number of nitrogens with one attached hydrogen (secondary N) is 1. The molecule has 0 aliphatic carbocycles. The molecule has 2 aliphatic heterocycles. The van der Waals surface area contributed by atoms with E-state index in [2.05, 4.69) is 34.3 Å². The molecule has 0 aromatic heterocycles. The largest absolute Gasteiger partial charge is 0.478 e. The second-order valence-corrected chi connectivity index (χ2v) is 4.71. The molecule has 0 fully saturated rings. The van der Waals surface area contributed by atoms with Gasteiger partial charge >= 0.3 is 0 Å². The molecule has 0 saturated carbocycles. The van der Waals surface area contributed by atoms with E-state index in [9.17, 15) is 0 Å². The molecule has 1 N–H and O–H groups in total. The first-order valence-corrected chi connectivity index (χ1v) is 6.67. The van der Waals surface area contributed by atoms with Gasteiger partial charge in [0.2, 0.25) is 0 Å².